The Kier molecular flexibility index (Phi) is 10.1. The lowest BCUT2D eigenvalue weighted by atomic mass is 9.93. The summed E-state index contributed by atoms with van der Waals surface area (Å²) in [6.07, 6.45) is -0.160. The molecule has 8 heteroatoms. The third kappa shape index (κ3) is 7.08. The topological polar surface area (TPSA) is 98.7 Å². The van der Waals surface area contributed by atoms with Gasteiger partial charge in [-0.2, -0.15) is 0 Å². The Labute approximate surface area is 399 Å². The SMILES string of the molecule is Cc1ccc2c(c1)-c1cc([N+]([O-])(c3ccccc3)c3ccc(-c4ccc5c(c4)C(=O)CC(c4ccccc4)O5)cc3)ccc1[N+]2([O-])c1ccc(-c2ccc3c(c2)C(=O)CC(c2ccccc2)O3)cc1. The Morgan fingerprint density at radius 2 is 0.884 bits per heavy atom. The molecule has 0 spiro atoms. The van der Waals surface area contributed by atoms with Gasteiger partial charge in [-0.05, 0) is 94.9 Å². The minimum Gasteiger partial charge on any atom is -0.616 e. The van der Waals surface area contributed by atoms with Gasteiger partial charge < -0.3 is 19.9 Å². The van der Waals surface area contributed by atoms with Gasteiger partial charge in [0.1, 0.15) is 46.5 Å². The lowest BCUT2D eigenvalue weighted by molar-refractivity contribution is 0.0841. The van der Waals surface area contributed by atoms with Crippen LogP contribution in [0.15, 0.2) is 212 Å². The molecule has 3 heterocycles. The number of fused-ring (bicyclic) bond motifs is 5. The highest BCUT2D eigenvalue weighted by atomic mass is 16.6. The normalized spacial score (nSPS) is 18.7. The molecule has 0 fully saturated rings. The van der Waals surface area contributed by atoms with Gasteiger partial charge in [0, 0.05) is 60.7 Å². The number of Topliss-reactive ketones (excluding diaryl/α,β-unsaturated/α-hetero) is 2. The molecule has 0 amide bonds. The lowest BCUT2D eigenvalue weighted by Gasteiger charge is -2.42. The van der Waals surface area contributed by atoms with Crippen molar-refractivity contribution >= 4 is 45.7 Å². The minimum absolute atomic E-state index is 0.0200. The van der Waals surface area contributed by atoms with E-state index >= 15 is 10.4 Å². The van der Waals surface area contributed by atoms with E-state index in [1.54, 1.807) is 12.1 Å². The number of hydrogen-bond donors (Lipinski definition) is 0. The highest BCUT2D eigenvalue weighted by molar-refractivity contribution is 6.03. The zero-order valence-corrected chi connectivity index (χ0v) is 37.6. The number of nitrogens with zero attached hydrogens (tertiary/aromatic N) is 2. The second-order valence-corrected chi connectivity index (χ2v) is 18.1. The molecule has 0 N–H and O–H groups in total. The number of para-hydroxylation sites is 1. The Bertz CT molecular complexity index is 3470. The number of carbonyl (C=O) groups excluding carboxylic acids is 2. The fraction of sp³-hybridized carbons (Fsp3) is 0.0820. The van der Waals surface area contributed by atoms with Crippen LogP contribution in [0.25, 0.3) is 33.4 Å². The quantitative estimate of drug-likeness (QED) is 0.0856. The summed E-state index contributed by atoms with van der Waals surface area (Å²) in [7, 11) is 0. The van der Waals surface area contributed by atoms with E-state index in [1.165, 1.54) is 0 Å². The molecule has 4 atom stereocenters. The lowest BCUT2D eigenvalue weighted by Crippen LogP contribution is -2.32. The molecule has 8 nitrogen and oxygen atoms in total. The summed E-state index contributed by atoms with van der Waals surface area (Å²) in [5, 5.41) is 31.6. The standard InChI is InChI=1S/C61H44N2O6/c1-39-17-29-54-50(33-39)51-36-49(28-30-55(51)63(54,67)48-26-20-41(21-27-48)45-23-32-59-53(35-45)57(65)38-61(69-59)43-13-7-3-8-14-43)62(66,46-15-9-4-10-16-46)47-24-18-40(19-25-47)44-22-31-58-52(34-44)56(64)37-60(68-58)42-11-5-2-6-12-42/h2-36,60-61H,37-38H2,1H3. The van der Waals surface area contributed by atoms with Crippen LogP contribution in [0.4, 0.5) is 34.1 Å². The van der Waals surface area contributed by atoms with Crippen molar-refractivity contribution in [3.05, 3.63) is 251 Å². The van der Waals surface area contributed by atoms with Crippen molar-refractivity contribution in [3.63, 3.8) is 0 Å². The first-order valence-corrected chi connectivity index (χ1v) is 23.2. The van der Waals surface area contributed by atoms with Gasteiger partial charge in [-0.3, -0.25) is 18.9 Å². The molecule has 9 aromatic rings. The van der Waals surface area contributed by atoms with Crippen LogP contribution in [0, 0.1) is 17.3 Å². The number of ether oxygens (including phenoxy) is 2. The van der Waals surface area contributed by atoms with E-state index in [1.807, 2.05) is 207 Å². The molecular formula is C61H44N2O6. The van der Waals surface area contributed by atoms with Crippen LogP contribution in [-0.4, -0.2) is 11.6 Å². The molecule has 3 aliphatic rings. The molecule has 0 bridgehead atoms. The van der Waals surface area contributed by atoms with Crippen LogP contribution in [-0.2, 0) is 0 Å². The Hall–Kier alpha value is -8.24. The van der Waals surface area contributed by atoms with Crippen molar-refractivity contribution in [1.82, 2.24) is 9.29 Å². The second kappa shape index (κ2) is 16.5. The average Bonchev–Trinajstić information content (AvgIpc) is 3.65. The van der Waals surface area contributed by atoms with Gasteiger partial charge in [-0.25, -0.2) is 0 Å². The van der Waals surface area contributed by atoms with Gasteiger partial charge >= 0.3 is 0 Å². The van der Waals surface area contributed by atoms with Gasteiger partial charge in [0.15, 0.2) is 22.9 Å². The van der Waals surface area contributed by atoms with Crippen molar-refractivity contribution in [3.8, 4) is 44.9 Å². The molecule has 4 unspecified atom stereocenters. The van der Waals surface area contributed by atoms with E-state index in [-0.39, 0.29) is 36.6 Å². The van der Waals surface area contributed by atoms with E-state index in [0.29, 0.717) is 62.3 Å². The first-order valence-electron chi connectivity index (χ1n) is 23.2. The van der Waals surface area contributed by atoms with Gasteiger partial charge in [-0.15, -0.1) is 0 Å². The zero-order chi connectivity index (χ0) is 46.9. The molecular weight excluding hydrogens is 857 g/mol. The number of carbonyl (C=O) groups is 2. The molecule has 0 aliphatic carbocycles. The molecule has 69 heavy (non-hydrogen) atoms. The van der Waals surface area contributed by atoms with Crippen LogP contribution in [0.2, 0.25) is 0 Å². The first kappa shape index (κ1) is 42.1. The zero-order valence-electron chi connectivity index (χ0n) is 37.6. The monoisotopic (exact) mass is 900 g/mol. The Morgan fingerprint density at radius 3 is 1.42 bits per heavy atom. The predicted molar refractivity (Wildman–Crippen MR) is 273 cm³/mol. The number of quaternary nitrogens is 2. The van der Waals surface area contributed by atoms with Crippen molar-refractivity contribution in [1.29, 1.82) is 0 Å². The first-order chi connectivity index (χ1) is 33.6. The summed E-state index contributed by atoms with van der Waals surface area (Å²) in [5.74, 6) is 1.16. The minimum atomic E-state index is -0.915. The number of aryl methyl sites for hydroxylation is 1. The summed E-state index contributed by atoms with van der Waals surface area (Å²) >= 11 is 0. The third-order valence-electron chi connectivity index (χ3n) is 13.9. The Morgan fingerprint density at radius 1 is 0.449 bits per heavy atom. The van der Waals surface area contributed by atoms with Crippen molar-refractivity contribution in [2.45, 2.75) is 32.0 Å². The van der Waals surface area contributed by atoms with E-state index in [0.717, 1.165) is 44.5 Å². The predicted octanol–water partition coefficient (Wildman–Crippen LogP) is 15.7. The fourth-order valence-corrected chi connectivity index (χ4v) is 10.3. The number of hydrogen-bond acceptors (Lipinski definition) is 6. The van der Waals surface area contributed by atoms with Crippen molar-refractivity contribution in [2.75, 3.05) is 0 Å². The van der Waals surface area contributed by atoms with Crippen LogP contribution in [0.5, 0.6) is 11.5 Å². The maximum absolute atomic E-state index is 15.9. The average molecular weight is 901 g/mol. The van der Waals surface area contributed by atoms with Gasteiger partial charge in [0.25, 0.3) is 0 Å². The number of ketones is 2. The number of benzene rings is 9. The smallest absolute Gasteiger partial charge is 0.170 e. The Balaban J connectivity index is 0.870. The number of rotatable bonds is 8. The van der Waals surface area contributed by atoms with Gasteiger partial charge in [-0.1, -0.05) is 103 Å². The highest BCUT2D eigenvalue weighted by Crippen LogP contribution is 2.59. The van der Waals surface area contributed by atoms with Crippen molar-refractivity contribution < 1.29 is 19.1 Å². The van der Waals surface area contributed by atoms with Gasteiger partial charge in [0.2, 0.25) is 0 Å². The summed E-state index contributed by atoms with van der Waals surface area (Å²) < 4.78 is 10.8. The molecule has 3 aliphatic heterocycles. The molecule has 0 aromatic heterocycles. The fourth-order valence-electron chi connectivity index (χ4n) is 10.3. The molecule has 12 rings (SSSR count). The van der Waals surface area contributed by atoms with Crippen LogP contribution in [0.3, 0.4) is 0 Å². The van der Waals surface area contributed by atoms with Crippen LogP contribution in [0.1, 0.15) is 62.5 Å². The van der Waals surface area contributed by atoms with E-state index in [2.05, 4.69) is 0 Å². The van der Waals surface area contributed by atoms with E-state index < -0.39 is 9.29 Å². The summed E-state index contributed by atoms with van der Waals surface area (Å²) in [6, 6.07) is 66.5. The summed E-state index contributed by atoms with van der Waals surface area (Å²) in [4.78, 5) is 26.9. The molecule has 0 saturated carbocycles. The molecule has 334 valence electrons. The maximum Gasteiger partial charge on any atom is 0.170 e. The molecule has 0 radical (unpaired) electrons. The maximum atomic E-state index is 15.9. The van der Waals surface area contributed by atoms with Gasteiger partial charge in [0.05, 0.1) is 35.1 Å². The molecule has 0 saturated heterocycles. The van der Waals surface area contributed by atoms with E-state index in [4.69, 9.17) is 9.47 Å². The third-order valence-corrected chi connectivity index (χ3v) is 13.9. The molecule has 9 aromatic carbocycles. The van der Waals surface area contributed by atoms with Crippen LogP contribution >= 0.6 is 0 Å². The largest absolute Gasteiger partial charge is 0.616 e. The summed E-state index contributed by atoms with van der Waals surface area (Å²) in [6.45, 7) is 2.00. The second-order valence-electron chi connectivity index (χ2n) is 18.1. The highest BCUT2D eigenvalue weighted by Gasteiger charge is 2.42. The van der Waals surface area contributed by atoms with E-state index in [9.17, 15) is 9.59 Å². The van der Waals surface area contributed by atoms with Crippen molar-refractivity contribution in [2.24, 2.45) is 0 Å². The van der Waals surface area contributed by atoms with Crippen LogP contribution < -0.4 is 18.8 Å². The summed E-state index contributed by atoms with van der Waals surface area (Å²) in [5.41, 5.74) is 11.8.